The molecule has 0 atom stereocenters. The number of aromatic nitrogens is 3. The Hall–Kier alpha value is -4.40. The summed E-state index contributed by atoms with van der Waals surface area (Å²) in [5.74, 6) is -0.715. The highest BCUT2D eigenvalue weighted by Gasteiger charge is 2.18. The molecule has 1 amide bonds. The van der Waals surface area contributed by atoms with Crippen LogP contribution in [-0.2, 0) is 12.8 Å². The quantitative estimate of drug-likeness (QED) is 0.288. The number of nitrogens with two attached hydrogens (primary N) is 2. The van der Waals surface area contributed by atoms with Gasteiger partial charge in [-0.2, -0.15) is 4.98 Å². The van der Waals surface area contributed by atoms with Crippen LogP contribution in [0.4, 0.5) is 17.3 Å². The first-order chi connectivity index (χ1) is 15.4. The second-order valence-electron chi connectivity index (χ2n) is 7.75. The van der Waals surface area contributed by atoms with Gasteiger partial charge in [-0.3, -0.25) is 9.59 Å². The van der Waals surface area contributed by atoms with Gasteiger partial charge in [0.1, 0.15) is 11.3 Å². The number of anilines is 3. The molecule has 5 rings (SSSR count). The Bertz CT molecular complexity index is 1460. The van der Waals surface area contributed by atoms with E-state index >= 15 is 0 Å². The number of nitrogen functional groups attached to an aromatic ring is 1. The summed E-state index contributed by atoms with van der Waals surface area (Å²) >= 11 is 0. The van der Waals surface area contributed by atoms with Crippen molar-refractivity contribution in [2.75, 3.05) is 11.1 Å². The van der Waals surface area contributed by atoms with E-state index in [-0.39, 0.29) is 22.6 Å². The number of hydrogen-bond acceptors (Lipinski definition) is 7. The van der Waals surface area contributed by atoms with Gasteiger partial charge in [0.2, 0.25) is 11.4 Å². The van der Waals surface area contributed by atoms with E-state index in [1.165, 1.54) is 29.6 Å². The molecule has 9 nitrogen and oxygen atoms in total. The number of phenolic OH excluding ortho intramolecular Hbond substituents is 1. The van der Waals surface area contributed by atoms with Crippen molar-refractivity contribution < 1.29 is 9.90 Å². The smallest absolute Gasteiger partial charge is 0.254 e. The minimum atomic E-state index is -0.819. The number of carbonyl (C=O) groups excluding carboxylic acids is 1. The molecule has 9 heteroatoms. The molecule has 0 spiro atoms. The van der Waals surface area contributed by atoms with Crippen LogP contribution < -0.4 is 22.2 Å². The number of hydrogen-bond donors (Lipinski definition) is 4. The molecule has 160 valence electrons. The van der Waals surface area contributed by atoms with E-state index in [4.69, 9.17) is 11.5 Å². The summed E-state index contributed by atoms with van der Waals surface area (Å²) in [5.41, 5.74) is 14.8. The molecular weight excluding hydrogens is 408 g/mol. The molecule has 0 fully saturated rings. The van der Waals surface area contributed by atoms with Gasteiger partial charge in [-0.25, -0.2) is 4.98 Å². The number of pyridine rings is 1. The highest BCUT2D eigenvalue weighted by molar-refractivity contribution is 5.96. The maximum atomic E-state index is 12.8. The third kappa shape index (κ3) is 3.29. The van der Waals surface area contributed by atoms with Crippen LogP contribution in [0.1, 0.15) is 27.9 Å². The fraction of sp³-hybridized carbons (Fsp3) is 0.130. The van der Waals surface area contributed by atoms with E-state index < -0.39 is 11.3 Å². The Morgan fingerprint density at radius 2 is 1.94 bits per heavy atom. The minimum Gasteiger partial charge on any atom is -0.506 e. The van der Waals surface area contributed by atoms with Gasteiger partial charge in [-0.1, -0.05) is 6.07 Å². The third-order valence-electron chi connectivity index (χ3n) is 5.64. The SMILES string of the molecule is NC(=O)c1cn(-c2ccc3c(c2)CCC3)c2nc(Nc3ccc(N)cc3O)ncc2c1=O. The second-order valence-corrected chi connectivity index (χ2v) is 7.75. The summed E-state index contributed by atoms with van der Waals surface area (Å²) in [7, 11) is 0. The van der Waals surface area contributed by atoms with Crippen molar-refractivity contribution in [2.45, 2.75) is 19.3 Å². The van der Waals surface area contributed by atoms with Gasteiger partial charge < -0.3 is 26.5 Å². The highest BCUT2D eigenvalue weighted by atomic mass is 16.3. The zero-order valence-electron chi connectivity index (χ0n) is 17.0. The Balaban J connectivity index is 1.70. The van der Waals surface area contributed by atoms with Crippen LogP contribution in [0.3, 0.4) is 0 Å². The number of nitrogens with zero attached hydrogens (tertiary/aromatic N) is 3. The molecule has 6 N–H and O–H groups in total. The molecule has 0 radical (unpaired) electrons. The summed E-state index contributed by atoms with van der Waals surface area (Å²) in [6.45, 7) is 0. The van der Waals surface area contributed by atoms with Crippen molar-refractivity contribution in [3.05, 3.63) is 75.7 Å². The summed E-state index contributed by atoms with van der Waals surface area (Å²) < 4.78 is 1.67. The number of aryl methyl sites for hydroxylation is 2. The van der Waals surface area contributed by atoms with Gasteiger partial charge >= 0.3 is 0 Å². The highest BCUT2D eigenvalue weighted by Crippen LogP contribution is 2.29. The number of phenols is 1. The number of carbonyl (C=O) groups is 1. The lowest BCUT2D eigenvalue weighted by Gasteiger charge is -2.14. The van der Waals surface area contributed by atoms with Gasteiger partial charge in [-0.05, 0) is 54.7 Å². The molecule has 2 aromatic heterocycles. The van der Waals surface area contributed by atoms with E-state index in [0.717, 1.165) is 24.9 Å². The van der Waals surface area contributed by atoms with Gasteiger partial charge in [0.05, 0.1) is 11.1 Å². The van der Waals surface area contributed by atoms with Crippen LogP contribution in [0.5, 0.6) is 5.75 Å². The standard InChI is InChI=1S/C23H20N6O3/c24-14-5-7-18(19(30)9-14)27-23-26-10-16-20(31)17(21(25)32)11-29(22(16)28-23)15-6-4-12-2-1-3-13(12)8-15/h4-11,30H,1-3,24H2,(H2,25,32)(H,26,27,28). The predicted molar refractivity (Wildman–Crippen MR) is 121 cm³/mol. The molecule has 0 bridgehead atoms. The summed E-state index contributed by atoms with van der Waals surface area (Å²) in [6.07, 6.45) is 5.87. The summed E-state index contributed by atoms with van der Waals surface area (Å²) in [5, 5.41) is 13.2. The fourth-order valence-corrected chi connectivity index (χ4v) is 4.03. The Morgan fingerprint density at radius 3 is 2.72 bits per heavy atom. The topological polar surface area (TPSA) is 149 Å². The largest absolute Gasteiger partial charge is 0.506 e. The van der Waals surface area contributed by atoms with E-state index in [9.17, 15) is 14.7 Å². The first-order valence-electron chi connectivity index (χ1n) is 10.1. The third-order valence-corrected chi connectivity index (χ3v) is 5.64. The maximum absolute atomic E-state index is 12.8. The van der Waals surface area contributed by atoms with Crippen LogP contribution in [0.2, 0.25) is 0 Å². The molecule has 0 saturated heterocycles. The van der Waals surface area contributed by atoms with E-state index in [2.05, 4.69) is 21.4 Å². The number of nitrogens with one attached hydrogen (secondary N) is 1. The molecule has 0 unspecified atom stereocenters. The zero-order valence-corrected chi connectivity index (χ0v) is 17.0. The molecule has 32 heavy (non-hydrogen) atoms. The first-order valence-corrected chi connectivity index (χ1v) is 10.1. The molecular formula is C23H20N6O3. The lowest BCUT2D eigenvalue weighted by atomic mass is 10.1. The van der Waals surface area contributed by atoms with Crippen LogP contribution in [0.25, 0.3) is 16.7 Å². The maximum Gasteiger partial charge on any atom is 0.254 e. The van der Waals surface area contributed by atoms with Gasteiger partial charge in [0.25, 0.3) is 5.91 Å². The van der Waals surface area contributed by atoms with Gasteiger partial charge in [0.15, 0.2) is 5.65 Å². The van der Waals surface area contributed by atoms with Crippen molar-refractivity contribution in [2.24, 2.45) is 5.73 Å². The molecule has 1 aliphatic rings. The van der Waals surface area contributed by atoms with Crippen molar-refractivity contribution in [1.82, 2.24) is 14.5 Å². The lowest BCUT2D eigenvalue weighted by Crippen LogP contribution is -2.24. The minimum absolute atomic E-state index is 0.0613. The molecule has 0 saturated carbocycles. The fourth-order valence-electron chi connectivity index (χ4n) is 4.03. The molecule has 0 aliphatic heterocycles. The summed E-state index contributed by atoms with van der Waals surface area (Å²) in [4.78, 5) is 33.5. The normalized spacial score (nSPS) is 12.6. The zero-order chi connectivity index (χ0) is 22.4. The van der Waals surface area contributed by atoms with Crippen LogP contribution >= 0.6 is 0 Å². The van der Waals surface area contributed by atoms with Crippen molar-refractivity contribution in [3.8, 4) is 11.4 Å². The average Bonchev–Trinajstić information content (AvgIpc) is 3.23. The predicted octanol–water partition coefficient (Wildman–Crippen LogP) is 2.40. The number of primary amides is 1. The van der Waals surface area contributed by atoms with Crippen molar-refractivity contribution in [3.63, 3.8) is 0 Å². The molecule has 2 heterocycles. The second kappa shape index (κ2) is 7.38. The first kappa shape index (κ1) is 19.6. The number of rotatable bonds is 4. The van der Waals surface area contributed by atoms with Crippen molar-refractivity contribution in [1.29, 1.82) is 0 Å². The Labute approximate surface area is 182 Å². The molecule has 4 aromatic rings. The Kier molecular flexibility index (Phi) is 4.51. The average molecular weight is 428 g/mol. The number of aromatic hydroxyl groups is 1. The van der Waals surface area contributed by atoms with Gasteiger partial charge in [-0.15, -0.1) is 0 Å². The molecule has 2 aromatic carbocycles. The van der Waals surface area contributed by atoms with E-state index in [1.807, 2.05) is 12.1 Å². The van der Waals surface area contributed by atoms with Gasteiger partial charge in [0, 0.05) is 29.8 Å². The van der Waals surface area contributed by atoms with Crippen LogP contribution in [0, 0.1) is 0 Å². The van der Waals surface area contributed by atoms with E-state index in [0.29, 0.717) is 17.0 Å². The van der Waals surface area contributed by atoms with Crippen molar-refractivity contribution >= 4 is 34.3 Å². The Morgan fingerprint density at radius 1 is 1.12 bits per heavy atom. The number of amides is 1. The summed E-state index contributed by atoms with van der Waals surface area (Å²) in [6, 6.07) is 10.7. The van der Waals surface area contributed by atoms with Crippen LogP contribution in [-0.4, -0.2) is 25.5 Å². The lowest BCUT2D eigenvalue weighted by molar-refractivity contribution is 0.0999. The number of benzene rings is 2. The van der Waals surface area contributed by atoms with Crippen LogP contribution in [0.15, 0.2) is 53.6 Å². The monoisotopic (exact) mass is 428 g/mol. The number of fused-ring (bicyclic) bond motifs is 2. The molecule has 1 aliphatic carbocycles. The van der Waals surface area contributed by atoms with E-state index in [1.54, 1.807) is 16.7 Å².